The van der Waals surface area contributed by atoms with E-state index in [4.69, 9.17) is 0 Å². The van der Waals surface area contributed by atoms with E-state index in [0.29, 0.717) is 6.42 Å². The zero-order valence-corrected chi connectivity index (χ0v) is 8.62. The molecule has 74 valence electrons. The summed E-state index contributed by atoms with van der Waals surface area (Å²) in [5, 5.41) is 13.8. The monoisotopic (exact) mass is 182 g/mol. The van der Waals surface area contributed by atoms with Gasteiger partial charge in [0.05, 0.1) is 11.8 Å². The molecule has 1 unspecified atom stereocenters. The summed E-state index contributed by atoms with van der Waals surface area (Å²) in [5.74, 6) is 0. The van der Waals surface area contributed by atoms with Crippen LogP contribution in [-0.2, 0) is 13.5 Å². The van der Waals surface area contributed by atoms with Crippen molar-refractivity contribution in [2.75, 3.05) is 0 Å². The quantitative estimate of drug-likeness (QED) is 0.765. The van der Waals surface area contributed by atoms with E-state index >= 15 is 0 Å². The SMILES string of the molecule is CCCC(O)Cc1cc(C)nn1C. The van der Waals surface area contributed by atoms with Crippen molar-refractivity contribution in [1.29, 1.82) is 0 Å². The van der Waals surface area contributed by atoms with Gasteiger partial charge in [-0.05, 0) is 19.4 Å². The first-order valence-corrected chi connectivity index (χ1v) is 4.81. The van der Waals surface area contributed by atoms with Gasteiger partial charge in [0, 0.05) is 19.2 Å². The second kappa shape index (κ2) is 4.42. The third-order valence-electron chi connectivity index (χ3n) is 2.17. The van der Waals surface area contributed by atoms with Crippen LogP contribution in [0.3, 0.4) is 0 Å². The molecular weight excluding hydrogens is 164 g/mol. The van der Waals surface area contributed by atoms with Crippen LogP contribution in [0.25, 0.3) is 0 Å². The summed E-state index contributed by atoms with van der Waals surface area (Å²) in [6.45, 7) is 4.05. The van der Waals surface area contributed by atoms with Crippen molar-refractivity contribution >= 4 is 0 Å². The Morgan fingerprint density at radius 3 is 2.77 bits per heavy atom. The van der Waals surface area contributed by atoms with Gasteiger partial charge < -0.3 is 5.11 Å². The van der Waals surface area contributed by atoms with Crippen LogP contribution in [0.15, 0.2) is 6.07 Å². The third kappa shape index (κ3) is 2.84. The number of aliphatic hydroxyl groups is 1. The molecule has 0 aromatic carbocycles. The molecule has 0 saturated heterocycles. The lowest BCUT2D eigenvalue weighted by molar-refractivity contribution is 0.161. The first-order valence-electron chi connectivity index (χ1n) is 4.81. The molecule has 0 radical (unpaired) electrons. The zero-order chi connectivity index (χ0) is 9.84. The molecule has 0 aliphatic carbocycles. The molecule has 1 heterocycles. The average molecular weight is 182 g/mol. The van der Waals surface area contributed by atoms with E-state index in [0.717, 1.165) is 24.2 Å². The van der Waals surface area contributed by atoms with E-state index in [-0.39, 0.29) is 6.10 Å². The number of aromatic nitrogens is 2. The van der Waals surface area contributed by atoms with Crippen molar-refractivity contribution in [3.8, 4) is 0 Å². The highest BCUT2D eigenvalue weighted by Crippen LogP contribution is 2.08. The molecule has 0 spiro atoms. The van der Waals surface area contributed by atoms with Crippen LogP contribution < -0.4 is 0 Å². The predicted molar refractivity (Wildman–Crippen MR) is 52.6 cm³/mol. The molecule has 1 atom stereocenters. The summed E-state index contributed by atoms with van der Waals surface area (Å²) < 4.78 is 1.84. The Morgan fingerprint density at radius 1 is 1.62 bits per heavy atom. The van der Waals surface area contributed by atoms with Crippen molar-refractivity contribution < 1.29 is 5.11 Å². The molecule has 1 N–H and O–H groups in total. The summed E-state index contributed by atoms with van der Waals surface area (Å²) >= 11 is 0. The van der Waals surface area contributed by atoms with Gasteiger partial charge in [-0.1, -0.05) is 13.3 Å². The summed E-state index contributed by atoms with van der Waals surface area (Å²) in [5.41, 5.74) is 2.12. The maximum Gasteiger partial charge on any atom is 0.0596 e. The molecule has 1 rings (SSSR count). The molecule has 0 aliphatic rings. The topological polar surface area (TPSA) is 38.1 Å². The minimum absolute atomic E-state index is 0.222. The Kier molecular flexibility index (Phi) is 3.48. The fourth-order valence-electron chi connectivity index (χ4n) is 1.53. The summed E-state index contributed by atoms with van der Waals surface area (Å²) in [6, 6.07) is 2.03. The smallest absolute Gasteiger partial charge is 0.0596 e. The summed E-state index contributed by atoms with van der Waals surface area (Å²) in [7, 11) is 1.92. The van der Waals surface area contributed by atoms with Crippen molar-refractivity contribution in [2.45, 2.75) is 39.2 Å². The second-order valence-electron chi connectivity index (χ2n) is 3.55. The molecule has 0 aliphatic heterocycles. The van der Waals surface area contributed by atoms with E-state index < -0.39 is 0 Å². The van der Waals surface area contributed by atoms with E-state index in [9.17, 15) is 5.11 Å². The fraction of sp³-hybridized carbons (Fsp3) is 0.700. The number of hydrogen-bond donors (Lipinski definition) is 1. The molecule has 0 fully saturated rings. The van der Waals surface area contributed by atoms with Crippen LogP contribution in [0.2, 0.25) is 0 Å². The van der Waals surface area contributed by atoms with Crippen molar-refractivity contribution in [3.05, 3.63) is 17.5 Å². The summed E-state index contributed by atoms with van der Waals surface area (Å²) in [4.78, 5) is 0. The van der Waals surface area contributed by atoms with Crippen LogP contribution in [0.1, 0.15) is 31.2 Å². The van der Waals surface area contributed by atoms with Crippen LogP contribution in [0.4, 0.5) is 0 Å². The molecule has 3 heteroatoms. The minimum Gasteiger partial charge on any atom is -0.393 e. The van der Waals surface area contributed by atoms with Gasteiger partial charge in [0.1, 0.15) is 0 Å². The maximum atomic E-state index is 9.60. The molecule has 0 saturated carbocycles. The van der Waals surface area contributed by atoms with E-state index in [2.05, 4.69) is 12.0 Å². The normalized spacial score (nSPS) is 13.2. The van der Waals surface area contributed by atoms with Gasteiger partial charge in [-0.15, -0.1) is 0 Å². The Balaban J connectivity index is 2.57. The van der Waals surface area contributed by atoms with Crippen LogP contribution in [0.5, 0.6) is 0 Å². The molecule has 1 aromatic heterocycles. The largest absolute Gasteiger partial charge is 0.393 e. The second-order valence-corrected chi connectivity index (χ2v) is 3.55. The number of rotatable bonds is 4. The predicted octanol–water partition coefficient (Wildman–Crippen LogP) is 1.43. The van der Waals surface area contributed by atoms with Crippen molar-refractivity contribution in [2.24, 2.45) is 7.05 Å². The van der Waals surface area contributed by atoms with Crippen LogP contribution >= 0.6 is 0 Å². The van der Waals surface area contributed by atoms with Gasteiger partial charge in [-0.25, -0.2) is 0 Å². The molecule has 0 amide bonds. The fourth-order valence-corrected chi connectivity index (χ4v) is 1.53. The molecule has 3 nitrogen and oxygen atoms in total. The number of aryl methyl sites for hydroxylation is 2. The van der Waals surface area contributed by atoms with Gasteiger partial charge in [-0.3, -0.25) is 4.68 Å². The van der Waals surface area contributed by atoms with Crippen molar-refractivity contribution in [1.82, 2.24) is 9.78 Å². The van der Waals surface area contributed by atoms with Crippen LogP contribution in [0, 0.1) is 6.92 Å². The lowest BCUT2D eigenvalue weighted by Crippen LogP contribution is -2.12. The summed E-state index contributed by atoms with van der Waals surface area (Å²) in [6.07, 6.45) is 2.38. The van der Waals surface area contributed by atoms with Gasteiger partial charge >= 0.3 is 0 Å². The Bertz CT molecular complexity index is 268. The third-order valence-corrected chi connectivity index (χ3v) is 2.17. The minimum atomic E-state index is -0.222. The molecule has 0 bridgehead atoms. The molecule has 1 aromatic rings. The van der Waals surface area contributed by atoms with E-state index in [1.165, 1.54) is 0 Å². The standard InChI is InChI=1S/C10H18N2O/c1-4-5-10(13)7-9-6-8(2)11-12(9)3/h6,10,13H,4-5,7H2,1-3H3. The number of nitrogens with zero attached hydrogens (tertiary/aromatic N) is 2. The Labute approximate surface area is 79.4 Å². The average Bonchev–Trinajstić information content (AvgIpc) is 2.30. The van der Waals surface area contributed by atoms with Crippen molar-refractivity contribution in [3.63, 3.8) is 0 Å². The first-order chi connectivity index (χ1) is 6.13. The molecular formula is C10H18N2O. The highest BCUT2D eigenvalue weighted by Gasteiger charge is 2.08. The van der Waals surface area contributed by atoms with Gasteiger partial charge in [0.15, 0.2) is 0 Å². The highest BCUT2D eigenvalue weighted by molar-refractivity contribution is 5.09. The number of hydrogen-bond acceptors (Lipinski definition) is 2. The Morgan fingerprint density at radius 2 is 2.31 bits per heavy atom. The van der Waals surface area contributed by atoms with E-state index in [1.54, 1.807) is 0 Å². The molecule has 13 heavy (non-hydrogen) atoms. The van der Waals surface area contributed by atoms with Gasteiger partial charge in [-0.2, -0.15) is 5.10 Å². The lowest BCUT2D eigenvalue weighted by atomic mass is 10.1. The maximum absolute atomic E-state index is 9.60. The zero-order valence-electron chi connectivity index (χ0n) is 8.62. The Hall–Kier alpha value is -0.830. The first kappa shape index (κ1) is 10.3. The number of aliphatic hydroxyl groups excluding tert-OH is 1. The van der Waals surface area contributed by atoms with Gasteiger partial charge in [0.2, 0.25) is 0 Å². The lowest BCUT2D eigenvalue weighted by Gasteiger charge is -2.08. The highest BCUT2D eigenvalue weighted by atomic mass is 16.3. The van der Waals surface area contributed by atoms with E-state index in [1.807, 2.05) is 24.7 Å². The van der Waals surface area contributed by atoms with Gasteiger partial charge in [0.25, 0.3) is 0 Å². The van der Waals surface area contributed by atoms with Crippen LogP contribution in [-0.4, -0.2) is 21.0 Å².